The average molecular weight is 373 g/mol. The SMILES string of the molecule is CCCCCCCCOc1cc(C(=O)Oc2nc[nH]c2C(N)=O)ccc1C. The van der Waals surface area contributed by atoms with Gasteiger partial charge in [0.05, 0.1) is 18.5 Å². The minimum absolute atomic E-state index is 0.0463. The molecule has 2 aromatic rings. The summed E-state index contributed by atoms with van der Waals surface area (Å²) in [5.41, 5.74) is 6.41. The number of unbranched alkanes of at least 4 members (excludes halogenated alkanes) is 5. The zero-order valence-corrected chi connectivity index (χ0v) is 15.9. The number of hydrogen-bond acceptors (Lipinski definition) is 5. The van der Waals surface area contributed by atoms with Gasteiger partial charge >= 0.3 is 5.97 Å². The first kappa shape index (κ1) is 20.5. The molecule has 0 aliphatic carbocycles. The number of carbonyl (C=O) groups is 2. The molecule has 0 atom stereocenters. The molecule has 1 heterocycles. The van der Waals surface area contributed by atoms with Gasteiger partial charge in [-0.15, -0.1) is 0 Å². The molecule has 7 heteroatoms. The number of nitrogens with zero attached hydrogens (tertiary/aromatic N) is 1. The summed E-state index contributed by atoms with van der Waals surface area (Å²) >= 11 is 0. The van der Waals surface area contributed by atoms with Gasteiger partial charge in [-0.2, -0.15) is 0 Å². The van der Waals surface area contributed by atoms with Crippen molar-refractivity contribution in [2.75, 3.05) is 6.61 Å². The Morgan fingerprint density at radius 3 is 2.63 bits per heavy atom. The van der Waals surface area contributed by atoms with Crippen LogP contribution in [0.3, 0.4) is 0 Å². The summed E-state index contributed by atoms with van der Waals surface area (Å²) in [6, 6.07) is 5.09. The molecule has 0 spiro atoms. The Labute approximate surface area is 159 Å². The first-order valence-corrected chi connectivity index (χ1v) is 9.31. The highest BCUT2D eigenvalue weighted by Crippen LogP contribution is 2.22. The molecule has 27 heavy (non-hydrogen) atoms. The van der Waals surface area contributed by atoms with Gasteiger partial charge in [-0.1, -0.05) is 45.1 Å². The second-order valence-electron chi connectivity index (χ2n) is 6.43. The maximum Gasteiger partial charge on any atom is 0.345 e. The number of nitrogens with one attached hydrogen (secondary N) is 1. The summed E-state index contributed by atoms with van der Waals surface area (Å²) in [7, 11) is 0. The van der Waals surface area contributed by atoms with Gasteiger partial charge in [-0.3, -0.25) is 4.79 Å². The van der Waals surface area contributed by atoms with Gasteiger partial charge in [0.15, 0.2) is 5.69 Å². The van der Waals surface area contributed by atoms with Crippen LogP contribution in [-0.2, 0) is 0 Å². The van der Waals surface area contributed by atoms with E-state index in [0.29, 0.717) is 17.9 Å². The number of amides is 1. The quantitative estimate of drug-likeness (QED) is 0.460. The number of ether oxygens (including phenoxy) is 2. The summed E-state index contributed by atoms with van der Waals surface area (Å²) < 4.78 is 11.0. The maximum atomic E-state index is 12.3. The van der Waals surface area contributed by atoms with Gasteiger partial charge in [-0.05, 0) is 31.0 Å². The standard InChI is InChI=1S/C20H27N3O4/c1-3-4-5-6-7-8-11-26-16-12-15(10-9-14(16)2)20(25)27-19-17(18(21)24)22-13-23-19/h9-10,12-13H,3-8,11H2,1-2H3,(H2,21,24)(H,22,23). The summed E-state index contributed by atoms with van der Waals surface area (Å²) in [6.07, 6.45) is 8.34. The van der Waals surface area contributed by atoms with Gasteiger partial charge in [0, 0.05) is 0 Å². The molecule has 0 saturated carbocycles. The number of primary amides is 1. The van der Waals surface area contributed by atoms with Crippen LogP contribution < -0.4 is 15.2 Å². The van der Waals surface area contributed by atoms with Gasteiger partial charge in [0.1, 0.15) is 5.75 Å². The van der Waals surface area contributed by atoms with Crippen LogP contribution in [-0.4, -0.2) is 28.5 Å². The van der Waals surface area contributed by atoms with Crippen molar-refractivity contribution in [1.82, 2.24) is 9.97 Å². The van der Waals surface area contributed by atoms with Crippen LogP contribution in [0, 0.1) is 6.92 Å². The first-order valence-electron chi connectivity index (χ1n) is 9.31. The molecule has 0 unspecified atom stereocenters. The molecule has 1 aromatic carbocycles. The predicted molar refractivity (Wildman–Crippen MR) is 102 cm³/mol. The Bertz CT molecular complexity index is 770. The molecule has 3 N–H and O–H groups in total. The summed E-state index contributed by atoms with van der Waals surface area (Å²) in [6.45, 7) is 4.73. The monoisotopic (exact) mass is 373 g/mol. The lowest BCUT2D eigenvalue weighted by Gasteiger charge is -2.11. The van der Waals surface area contributed by atoms with Crippen LogP contribution >= 0.6 is 0 Å². The minimum Gasteiger partial charge on any atom is -0.493 e. The van der Waals surface area contributed by atoms with Gasteiger partial charge < -0.3 is 20.2 Å². The Balaban J connectivity index is 1.92. The van der Waals surface area contributed by atoms with Crippen molar-refractivity contribution >= 4 is 11.9 Å². The normalized spacial score (nSPS) is 10.6. The maximum absolute atomic E-state index is 12.3. The zero-order chi connectivity index (χ0) is 19.6. The number of aromatic nitrogens is 2. The number of rotatable bonds is 11. The molecule has 0 radical (unpaired) electrons. The largest absolute Gasteiger partial charge is 0.493 e. The van der Waals surface area contributed by atoms with E-state index in [-0.39, 0.29) is 11.6 Å². The Kier molecular flexibility index (Phi) is 7.85. The fourth-order valence-corrected chi connectivity index (χ4v) is 2.63. The molecule has 146 valence electrons. The van der Waals surface area contributed by atoms with Gasteiger partial charge in [-0.25, -0.2) is 9.78 Å². The molecule has 2 rings (SSSR count). The van der Waals surface area contributed by atoms with Crippen LogP contribution in [0.5, 0.6) is 11.6 Å². The number of aromatic amines is 1. The van der Waals surface area contributed by atoms with E-state index in [1.165, 1.54) is 32.0 Å². The van der Waals surface area contributed by atoms with E-state index >= 15 is 0 Å². The fourth-order valence-electron chi connectivity index (χ4n) is 2.63. The summed E-state index contributed by atoms with van der Waals surface area (Å²) in [4.78, 5) is 30.0. The topological polar surface area (TPSA) is 107 Å². The molecular formula is C20H27N3O4. The van der Waals surface area contributed by atoms with Crippen molar-refractivity contribution in [3.63, 3.8) is 0 Å². The Morgan fingerprint density at radius 1 is 1.15 bits per heavy atom. The molecular weight excluding hydrogens is 346 g/mol. The van der Waals surface area contributed by atoms with E-state index < -0.39 is 11.9 Å². The first-order chi connectivity index (χ1) is 13.0. The minimum atomic E-state index is -0.748. The highest BCUT2D eigenvalue weighted by Gasteiger charge is 2.18. The van der Waals surface area contributed by atoms with Crippen LogP contribution in [0.25, 0.3) is 0 Å². The third kappa shape index (κ3) is 6.13. The van der Waals surface area contributed by atoms with E-state index in [2.05, 4.69) is 16.9 Å². The van der Waals surface area contributed by atoms with Crippen LogP contribution in [0.2, 0.25) is 0 Å². The van der Waals surface area contributed by atoms with Gasteiger partial charge in [0.2, 0.25) is 0 Å². The van der Waals surface area contributed by atoms with Crippen molar-refractivity contribution < 1.29 is 19.1 Å². The van der Waals surface area contributed by atoms with Crippen molar-refractivity contribution in [2.24, 2.45) is 5.73 Å². The molecule has 0 aliphatic heterocycles. The van der Waals surface area contributed by atoms with E-state index in [1.807, 2.05) is 6.92 Å². The average Bonchev–Trinajstić information content (AvgIpc) is 3.10. The number of H-pyrrole nitrogens is 1. The fraction of sp³-hybridized carbons (Fsp3) is 0.450. The van der Waals surface area contributed by atoms with E-state index in [4.69, 9.17) is 15.2 Å². The van der Waals surface area contributed by atoms with Crippen molar-refractivity contribution in [2.45, 2.75) is 52.4 Å². The van der Waals surface area contributed by atoms with Gasteiger partial charge in [0.25, 0.3) is 11.8 Å². The Hall–Kier alpha value is -2.83. The molecule has 1 aromatic heterocycles. The molecule has 0 bridgehead atoms. The highest BCUT2D eigenvalue weighted by atomic mass is 16.5. The van der Waals surface area contributed by atoms with Crippen LogP contribution in [0.4, 0.5) is 0 Å². The second kappa shape index (κ2) is 10.4. The summed E-state index contributed by atoms with van der Waals surface area (Å²) in [5, 5.41) is 0. The third-order valence-electron chi connectivity index (χ3n) is 4.22. The van der Waals surface area contributed by atoms with E-state index in [0.717, 1.165) is 18.4 Å². The number of aryl methyl sites for hydroxylation is 1. The molecule has 0 aliphatic rings. The number of nitrogens with two attached hydrogens (primary N) is 1. The molecule has 1 amide bonds. The number of hydrogen-bond donors (Lipinski definition) is 2. The summed E-state index contributed by atoms with van der Waals surface area (Å²) in [5.74, 6) is -0.867. The number of imidazole rings is 1. The van der Waals surface area contributed by atoms with E-state index in [1.54, 1.807) is 18.2 Å². The number of carbonyl (C=O) groups excluding carboxylic acids is 2. The van der Waals surface area contributed by atoms with Crippen LogP contribution in [0.1, 0.15) is 71.9 Å². The van der Waals surface area contributed by atoms with Crippen LogP contribution in [0.15, 0.2) is 24.5 Å². The molecule has 0 fully saturated rings. The molecule has 0 saturated heterocycles. The van der Waals surface area contributed by atoms with Crippen molar-refractivity contribution in [3.8, 4) is 11.6 Å². The van der Waals surface area contributed by atoms with E-state index in [9.17, 15) is 9.59 Å². The number of esters is 1. The van der Waals surface area contributed by atoms with Crippen molar-refractivity contribution in [3.05, 3.63) is 41.3 Å². The Morgan fingerprint density at radius 2 is 1.89 bits per heavy atom. The molecule has 7 nitrogen and oxygen atoms in total. The second-order valence-corrected chi connectivity index (χ2v) is 6.43. The third-order valence-corrected chi connectivity index (χ3v) is 4.22. The lowest BCUT2D eigenvalue weighted by molar-refractivity contribution is 0.0725. The lowest BCUT2D eigenvalue weighted by atomic mass is 10.1. The smallest absolute Gasteiger partial charge is 0.345 e. The lowest BCUT2D eigenvalue weighted by Crippen LogP contribution is -2.16. The number of benzene rings is 1. The predicted octanol–water partition coefficient (Wildman–Crippen LogP) is 3.78. The highest BCUT2D eigenvalue weighted by molar-refractivity contribution is 5.96. The zero-order valence-electron chi connectivity index (χ0n) is 15.9. The van der Waals surface area contributed by atoms with Crippen molar-refractivity contribution in [1.29, 1.82) is 0 Å².